The molecule has 0 saturated carbocycles. The number of benzene rings is 2. The van der Waals surface area contributed by atoms with Gasteiger partial charge in [0.2, 0.25) is 0 Å². The van der Waals surface area contributed by atoms with Gasteiger partial charge in [-0.05, 0) is 68.6 Å². The Kier molecular flexibility index (Phi) is 7.50. The van der Waals surface area contributed by atoms with Crippen LogP contribution < -0.4 is 9.50 Å². The van der Waals surface area contributed by atoms with Crippen LogP contribution in [0.5, 0.6) is 5.75 Å². The van der Waals surface area contributed by atoms with Crippen LogP contribution in [0.15, 0.2) is 48.5 Å². The first-order valence-electron chi connectivity index (χ1n) is 10.2. The molecule has 0 amide bonds. The van der Waals surface area contributed by atoms with E-state index in [1.54, 1.807) is 30.3 Å². The molecule has 0 unspecified atom stereocenters. The predicted molar refractivity (Wildman–Crippen MR) is 114 cm³/mol. The highest BCUT2D eigenvalue weighted by atomic mass is 32.2. The molecule has 2 aromatic carbocycles. The summed E-state index contributed by atoms with van der Waals surface area (Å²) in [5, 5.41) is 3.24. The molecule has 1 saturated heterocycles. The molecule has 0 radical (unpaired) electrons. The Hall–Kier alpha value is -2.12. The lowest BCUT2D eigenvalue weighted by atomic mass is 9.99. The lowest BCUT2D eigenvalue weighted by Crippen LogP contribution is -2.36. The Morgan fingerprint density at radius 3 is 2.48 bits per heavy atom. The summed E-state index contributed by atoms with van der Waals surface area (Å²) in [4.78, 5) is 2.36. The second-order valence-corrected chi connectivity index (χ2v) is 9.09. The van der Waals surface area contributed by atoms with Crippen LogP contribution in [-0.2, 0) is 16.5 Å². The van der Waals surface area contributed by atoms with Gasteiger partial charge in [-0.3, -0.25) is 0 Å². The Balaban J connectivity index is 0.000000290. The summed E-state index contributed by atoms with van der Waals surface area (Å²) in [5.74, 6) is 0.566. The van der Waals surface area contributed by atoms with Crippen LogP contribution in [0.4, 0.5) is 10.1 Å². The maximum absolute atomic E-state index is 12.3. The molecule has 0 spiro atoms. The molecular weight excluding hydrogens is 391 g/mol. The van der Waals surface area contributed by atoms with E-state index in [0.717, 1.165) is 51.1 Å². The summed E-state index contributed by atoms with van der Waals surface area (Å²) in [5.41, 5.74) is 2.21. The monoisotopic (exact) mass is 420 g/mol. The fourth-order valence-electron chi connectivity index (χ4n) is 3.68. The lowest BCUT2D eigenvalue weighted by Gasteiger charge is -2.30. The minimum absolute atomic E-state index is 0.120. The third kappa shape index (κ3) is 6.72. The van der Waals surface area contributed by atoms with Gasteiger partial charge in [-0.15, -0.1) is 0 Å². The van der Waals surface area contributed by atoms with Crippen LogP contribution in [0.2, 0.25) is 0 Å². The van der Waals surface area contributed by atoms with Crippen LogP contribution in [-0.4, -0.2) is 45.2 Å². The van der Waals surface area contributed by atoms with Gasteiger partial charge >= 0.3 is 10.1 Å². The fourth-order valence-corrected chi connectivity index (χ4v) is 5.05. The minimum atomic E-state index is -3.52. The van der Waals surface area contributed by atoms with Crippen molar-refractivity contribution in [2.24, 2.45) is 5.92 Å². The molecule has 29 heavy (non-hydrogen) atoms. The molecule has 2 aliphatic rings. The van der Waals surface area contributed by atoms with Gasteiger partial charge in [0.1, 0.15) is 11.6 Å². The van der Waals surface area contributed by atoms with E-state index in [-0.39, 0.29) is 17.5 Å². The van der Waals surface area contributed by atoms with E-state index in [4.69, 9.17) is 4.18 Å². The summed E-state index contributed by atoms with van der Waals surface area (Å²) in [7, 11) is -3.52. The Morgan fingerprint density at radius 2 is 1.86 bits per heavy atom. The van der Waals surface area contributed by atoms with Gasteiger partial charge in [-0.25, -0.2) is 4.39 Å². The molecular formula is C22H29FN2O3S. The maximum atomic E-state index is 12.3. The molecule has 7 heteroatoms. The normalized spacial score (nSPS) is 17.0. The first-order chi connectivity index (χ1) is 13.9. The van der Waals surface area contributed by atoms with Crippen molar-refractivity contribution in [2.45, 2.75) is 26.2 Å². The van der Waals surface area contributed by atoms with Crippen molar-refractivity contribution in [1.29, 1.82) is 0 Å². The zero-order valence-corrected chi connectivity index (χ0v) is 17.6. The van der Waals surface area contributed by atoms with Crippen LogP contribution >= 0.6 is 0 Å². The van der Waals surface area contributed by atoms with Crippen molar-refractivity contribution >= 4 is 15.8 Å². The van der Waals surface area contributed by atoms with Crippen LogP contribution in [0.1, 0.15) is 25.3 Å². The first-order valence-corrected chi connectivity index (χ1v) is 11.7. The van der Waals surface area contributed by atoms with E-state index in [0.29, 0.717) is 5.75 Å². The van der Waals surface area contributed by atoms with Crippen molar-refractivity contribution < 1.29 is 17.0 Å². The third-order valence-electron chi connectivity index (χ3n) is 5.34. The first kappa shape index (κ1) is 21.6. The van der Waals surface area contributed by atoms with Crippen molar-refractivity contribution in [3.05, 3.63) is 59.9 Å². The molecule has 2 heterocycles. The quantitative estimate of drug-likeness (QED) is 0.743. The molecule has 158 valence electrons. The second kappa shape index (κ2) is 10.1. The zero-order chi connectivity index (χ0) is 20.7. The van der Waals surface area contributed by atoms with Crippen molar-refractivity contribution in [3.63, 3.8) is 0 Å². The van der Waals surface area contributed by atoms with Crippen LogP contribution in [0.25, 0.3) is 0 Å². The number of fused-ring (bicyclic) bond motifs is 1. The van der Waals surface area contributed by atoms with E-state index in [1.165, 1.54) is 17.7 Å². The molecule has 2 aliphatic heterocycles. The molecule has 0 bridgehead atoms. The summed E-state index contributed by atoms with van der Waals surface area (Å²) in [6, 6.07) is 13.4. The number of halogens is 1. The van der Waals surface area contributed by atoms with Gasteiger partial charge < -0.3 is 14.4 Å². The summed E-state index contributed by atoms with van der Waals surface area (Å²) in [6.07, 6.45) is 2.85. The molecule has 0 aliphatic carbocycles. The van der Waals surface area contributed by atoms with Gasteiger partial charge in [0, 0.05) is 18.3 Å². The molecule has 1 N–H and O–H groups in total. The lowest BCUT2D eigenvalue weighted by molar-refractivity contribution is 0.201. The minimum Gasteiger partial charge on any atom is -0.384 e. The Bertz CT molecular complexity index is 882. The molecule has 4 rings (SSSR count). The number of hydrogen-bond donors (Lipinski definition) is 1. The average molecular weight is 421 g/mol. The second-order valence-electron chi connectivity index (χ2n) is 7.48. The topological polar surface area (TPSA) is 58.6 Å². The number of nitrogens with one attached hydrogen (secondary N) is 1. The van der Waals surface area contributed by atoms with Gasteiger partial charge in [-0.1, -0.05) is 31.2 Å². The van der Waals surface area contributed by atoms with Crippen molar-refractivity contribution in [1.82, 2.24) is 4.90 Å². The van der Waals surface area contributed by atoms with Gasteiger partial charge in [0.05, 0.1) is 5.75 Å². The van der Waals surface area contributed by atoms with Crippen molar-refractivity contribution in [2.75, 3.05) is 37.2 Å². The number of likely N-dealkylation sites (tertiary alicyclic amines) is 1. The fraction of sp³-hybridized carbons (Fsp3) is 0.455. The van der Waals surface area contributed by atoms with E-state index >= 15 is 0 Å². The van der Waals surface area contributed by atoms with E-state index in [2.05, 4.69) is 17.1 Å². The smallest absolute Gasteiger partial charge is 0.309 e. The molecule has 5 nitrogen and oxygen atoms in total. The summed E-state index contributed by atoms with van der Waals surface area (Å²) < 4.78 is 41.7. The highest BCUT2D eigenvalue weighted by Gasteiger charge is 2.25. The van der Waals surface area contributed by atoms with Gasteiger partial charge in [-0.2, -0.15) is 8.42 Å². The molecule has 0 aromatic heterocycles. The zero-order valence-electron chi connectivity index (χ0n) is 16.8. The summed E-state index contributed by atoms with van der Waals surface area (Å²) in [6.45, 7) is 6.06. The largest absolute Gasteiger partial charge is 0.384 e. The van der Waals surface area contributed by atoms with Gasteiger partial charge in [0.25, 0.3) is 0 Å². The number of piperidine rings is 1. The highest BCUT2D eigenvalue weighted by Crippen LogP contribution is 2.28. The third-order valence-corrected chi connectivity index (χ3v) is 6.67. The SMILES string of the molecule is CCN1CCC(CS(=O)(=O)Oc2ccc3c(c2)NCC3)CC1.Fc1ccccc1. The highest BCUT2D eigenvalue weighted by molar-refractivity contribution is 7.87. The van der Waals surface area contributed by atoms with Crippen molar-refractivity contribution in [3.8, 4) is 5.75 Å². The molecule has 0 atom stereocenters. The van der Waals surface area contributed by atoms with E-state index < -0.39 is 10.1 Å². The Labute approximate surface area is 173 Å². The molecule has 2 aromatic rings. The van der Waals surface area contributed by atoms with Crippen LogP contribution in [0, 0.1) is 11.7 Å². The number of rotatable bonds is 5. The number of nitrogens with zero attached hydrogens (tertiary/aromatic N) is 1. The number of anilines is 1. The van der Waals surface area contributed by atoms with Crippen LogP contribution in [0.3, 0.4) is 0 Å². The van der Waals surface area contributed by atoms with Gasteiger partial charge in [0.15, 0.2) is 0 Å². The maximum Gasteiger partial charge on any atom is 0.309 e. The standard InChI is InChI=1S/C16H24N2O3S.C6H5F/c1-2-18-9-6-13(7-10-18)12-22(19,20)21-15-4-3-14-5-8-17-16(14)11-15;7-6-4-2-1-3-5-6/h3-4,11,13,17H,2,5-10,12H2,1H3;1-5H. The summed E-state index contributed by atoms with van der Waals surface area (Å²) >= 11 is 0. The van der Waals surface area contributed by atoms with E-state index in [1.807, 2.05) is 6.07 Å². The number of hydrogen-bond acceptors (Lipinski definition) is 5. The molecule has 1 fully saturated rings. The Morgan fingerprint density at radius 1 is 1.14 bits per heavy atom. The van der Waals surface area contributed by atoms with E-state index in [9.17, 15) is 12.8 Å². The average Bonchev–Trinajstić information content (AvgIpc) is 3.17. The predicted octanol–water partition coefficient (Wildman–Crippen LogP) is 3.92.